The minimum absolute atomic E-state index is 0.305. The van der Waals surface area contributed by atoms with Gasteiger partial charge in [0.15, 0.2) is 11.5 Å². The van der Waals surface area contributed by atoms with Gasteiger partial charge in [0.05, 0.1) is 6.54 Å². The van der Waals surface area contributed by atoms with Crippen LogP contribution in [0.5, 0.6) is 11.5 Å². The van der Waals surface area contributed by atoms with Crippen LogP contribution in [0.1, 0.15) is 57.1 Å². The number of hydrogen-bond acceptors (Lipinski definition) is 4. The molecule has 26 heavy (non-hydrogen) atoms. The summed E-state index contributed by atoms with van der Waals surface area (Å²) in [6, 6.07) is 7.00. The summed E-state index contributed by atoms with van der Waals surface area (Å²) < 4.78 is 11.4. The van der Waals surface area contributed by atoms with Crippen molar-refractivity contribution < 1.29 is 14.3 Å². The second-order valence-corrected chi connectivity index (χ2v) is 7.68. The third kappa shape index (κ3) is 3.54. The molecule has 142 valence electrons. The minimum Gasteiger partial charge on any atom is -0.486 e. The molecular weight excluding hydrogens is 328 g/mol. The number of benzene rings is 1. The van der Waals surface area contributed by atoms with E-state index in [-0.39, 0.29) is 0 Å². The molecule has 3 aliphatic heterocycles. The number of carbonyl (C=O) groups excluding carboxylic acids is 1. The number of nitrogens with zero attached hydrogens (tertiary/aromatic N) is 2. The molecule has 4 rings (SSSR count). The standard InChI is InChI=1S/C21H30N2O3/c1-2-17-6-3-4-11-23(17)21(24)15-22-10-5-7-18(22)16-8-9-19-20(14-16)26-13-12-25-19/h8-9,14,17-18H,2-7,10-13,15H2,1H3/t17-,18+/m0/s1. The average Bonchev–Trinajstić information content (AvgIpc) is 3.15. The average molecular weight is 358 g/mol. The molecule has 0 aromatic heterocycles. The predicted octanol–water partition coefficient (Wildman–Crippen LogP) is 3.39. The summed E-state index contributed by atoms with van der Waals surface area (Å²) in [5, 5.41) is 0. The van der Waals surface area contributed by atoms with Gasteiger partial charge in [-0.25, -0.2) is 0 Å². The van der Waals surface area contributed by atoms with Gasteiger partial charge >= 0.3 is 0 Å². The molecule has 0 unspecified atom stereocenters. The fourth-order valence-electron chi connectivity index (χ4n) is 4.68. The molecule has 1 amide bonds. The Morgan fingerprint density at radius 1 is 1.08 bits per heavy atom. The Hall–Kier alpha value is -1.75. The summed E-state index contributed by atoms with van der Waals surface area (Å²) in [7, 11) is 0. The topological polar surface area (TPSA) is 42.0 Å². The monoisotopic (exact) mass is 358 g/mol. The first-order valence-corrected chi connectivity index (χ1v) is 10.2. The van der Waals surface area contributed by atoms with E-state index in [1.807, 2.05) is 6.07 Å². The quantitative estimate of drug-likeness (QED) is 0.827. The zero-order valence-corrected chi connectivity index (χ0v) is 15.8. The third-order valence-corrected chi connectivity index (χ3v) is 6.07. The molecule has 0 bridgehead atoms. The highest BCUT2D eigenvalue weighted by atomic mass is 16.6. The van der Waals surface area contributed by atoms with Crippen LogP contribution in [0.4, 0.5) is 0 Å². The number of carbonyl (C=O) groups is 1. The summed E-state index contributed by atoms with van der Waals surface area (Å²) in [5.41, 5.74) is 1.24. The Morgan fingerprint density at radius 3 is 2.77 bits per heavy atom. The van der Waals surface area contributed by atoms with Crippen molar-refractivity contribution in [2.45, 2.75) is 57.5 Å². The van der Waals surface area contributed by atoms with Crippen molar-refractivity contribution >= 4 is 5.91 Å². The Morgan fingerprint density at radius 2 is 1.92 bits per heavy atom. The van der Waals surface area contributed by atoms with Crippen LogP contribution in [0, 0.1) is 0 Å². The smallest absolute Gasteiger partial charge is 0.237 e. The second kappa shape index (κ2) is 7.87. The lowest BCUT2D eigenvalue weighted by atomic mass is 9.99. The van der Waals surface area contributed by atoms with E-state index in [4.69, 9.17) is 9.47 Å². The van der Waals surface area contributed by atoms with Gasteiger partial charge in [0.2, 0.25) is 5.91 Å². The summed E-state index contributed by atoms with van der Waals surface area (Å²) in [4.78, 5) is 17.5. The highest BCUT2D eigenvalue weighted by Crippen LogP contribution is 2.38. The van der Waals surface area contributed by atoms with E-state index in [1.54, 1.807) is 0 Å². The van der Waals surface area contributed by atoms with Gasteiger partial charge in [0.1, 0.15) is 13.2 Å². The molecule has 5 nitrogen and oxygen atoms in total. The maximum absolute atomic E-state index is 13.0. The molecule has 2 saturated heterocycles. The van der Waals surface area contributed by atoms with Crippen molar-refractivity contribution in [2.75, 3.05) is 32.8 Å². The number of ether oxygens (including phenoxy) is 2. The fraction of sp³-hybridized carbons (Fsp3) is 0.667. The van der Waals surface area contributed by atoms with Crippen molar-refractivity contribution in [3.8, 4) is 11.5 Å². The van der Waals surface area contributed by atoms with Gasteiger partial charge in [-0.15, -0.1) is 0 Å². The normalized spacial score (nSPS) is 26.1. The van der Waals surface area contributed by atoms with E-state index in [2.05, 4.69) is 28.9 Å². The van der Waals surface area contributed by atoms with Crippen LogP contribution in [0.15, 0.2) is 18.2 Å². The molecule has 5 heteroatoms. The van der Waals surface area contributed by atoms with Crippen molar-refractivity contribution in [1.82, 2.24) is 9.80 Å². The Balaban J connectivity index is 1.45. The summed E-state index contributed by atoms with van der Waals surface area (Å²) in [5.74, 6) is 1.98. The maximum atomic E-state index is 13.0. The molecule has 1 aromatic carbocycles. The molecule has 0 saturated carbocycles. The van der Waals surface area contributed by atoms with Crippen LogP contribution < -0.4 is 9.47 Å². The molecule has 0 radical (unpaired) electrons. The van der Waals surface area contributed by atoms with E-state index >= 15 is 0 Å². The van der Waals surface area contributed by atoms with Gasteiger partial charge in [-0.05, 0) is 62.8 Å². The first-order chi connectivity index (χ1) is 12.8. The first kappa shape index (κ1) is 17.7. The molecule has 0 spiro atoms. The molecule has 2 fully saturated rings. The molecule has 1 aromatic rings. The van der Waals surface area contributed by atoms with Gasteiger partial charge in [0, 0.05) is 18.6 Å². The number of rotatable bonds is 4. The van der Waals surface area contributed by atoms with Gasteiger partial charge in [-0.3, -0.25) is 9.69 Å². The zero-order chi connectivity index (χ0) is 17.9. The van der Waals surface area contributed by atoms with Crippen LogP contribution in [0.25, 0.3) is 0 Å². The van der Waals surface area contributed by atoms with E-state index in [9.17, 15) is 4.79 Å². The van der Waals surface area contributed by atoms with Crippen LogP contribution >= 0.6 is 0 Å². The Labute approximate surface area is 156 Å². The van der Waals surface area contributed by atoms with Gasteiger partial charge < -0.3 is 14.4 Å². The van der Waals surface area contributed by atoms with E-state index in [0.29, 0.717) is 37.7 Å². The van der Waals surface area contributed by atoms with Crippen molar-refractivity contribution in [2.24, 2.45) is 0 Å². The highest BCUT2D eigenvalue weighted by Gasteiger charge is 2.32. The van der Waals surface area contributed by atoms with E-state index in [1.165, 1.54) is 12.0 Å². The number of amides is 1. The minimum atomic E-state index is 0.305. The molecular formula is C21H30N2O3. The SMILES string of the molecule is CC[C@H]1CCCCN1C(=O)CN1CCC[C@@H]1c1ccc2c(c1)OCCO2. The van der Waals surface area contributed by atoms with Gasteiger partial charge in [-0.2, -0.15) is 0 Å². The molecule has 3 aliphatic rings. The van der Waals surface area contributed by atoms with Crippen LogP contribution in [0.2, 0.25) is 0 Å². The third-order valence-electron chi connectivity index (χ3n) is 6.07. The number of fused-ring (bicyclic) bond motifs is 1. The van der Waals surface area contributed by atoms with Gasteiger partial charge in [0.25, 0.3) is 0 Å². The number of likely N-dealkylation sites (tertiary alicyclic amines) is 2. The molecule has 3 heterocycles. The van der Waals surface area contributed by atoms with Crippen LogP contribution in [0.3, 0.4) is 0 Å². The second-order valence-electron chi connectivity index (χ2n) is 7.68. The summed E-state index contributed by atoms with van der Waals surface area (Å²) in [6.07, 6.45) is 6.87. The summed E-state index contributed by atoms with van der Waals surface area (Å²) >= 11 is 0. The Bertz CT molecular complexity index is 648. The predicted molar refractivity (Wildman–Crippen MR) is 101 cm³/mol. The molecule has 2 atom stereocenters. The lowest BCUT2D eigenvalue weighted by Crippen LogP contribution is -2.47. The fourth-order valence-corrected chi connectivity index (χ4v) is 4.68. The Kier molecular flexibility index (Phi) is 5.34. The van der Waals surface area contributed by atoms with Crippen molar-refractivity contribution in [3.63, 3.8) is 0 Å². The van der Waals surface area contributed by atoms with Crippen LogP contribution in [-0.2, 0) is 4.79 Å². The number of piperidine rings is 1. The lowest BCUT2D eigenvalue weighted by Gasteiger charge is -2.37. The number of hydrogen-bond donors (Lipinski definition) is 0. The largest absolute Gasteiger partial charge is 0.486 e. The lowest BCUT2D eigenvalue weighted by molar-refractivity contribution is -0.136. The van der Waals surface area contributed by atoms with Gasteiger partial charge in [-0.1, -0.05) is 13.0 Å². The molecule has 0 aliphatic carbocycles. The van der Waals surface area contributed by atoms with E-state index in [0.717, 1.165) is 56.7 Å². The van der Waals surface area contributed by atoms with Crippen LogP contribution in [-0.4, -0.2) is 54.6 Å². The summed E-state index contributed by atoms with van der Waals surface area (Å²) in [6.45, 7) is 5.89. The van der Waals surface area contributed by atoms with Crippen molar-refractivity contribution in [3.05, 3.63) is 23.8 Å². The van der Waals surface area contributed by atoms with E-state index < -0.39 is 0 Å². The van der Waals surface area contributed by atoms with Crippen molar-refractivity contribution in [1.29, 1.82) is 0 Å². The molecule has 0 N–H and O–H groups in total. The first-order valence-electron chi connectivity index (χ1n) is 10.2. The highest BCUT2D eigenvalue weighted by molar-refractivity contribution is 5.78. The maximum Gasteiger partial charge on any atom is 0.237 e. The zero-order valence-electron chi connectivity index (χ0n) is 15.8.